The molecule has 0 bridgehead atoms. The minimum Gasteiger partial charge on any atom is -0.508 e. The van der Waals surface area contributed by atoms with Crippen molar-refractivity contribution in [2.24, 2.45) is 0 Å². The highest BCUT2D eigenvalue weighted by molar-refractivity contribution is 7.16. The van der Waals surface area contributed by atoms with Gasteiger partial charge < -0.3 is 9.84 Å². The first kappa shape index (κ1) is 10.6. The summed E-state index contributed by atoms with van der Waals surface area (Å²) in [6, 6.07) is 6.72. The van der Waals surface area contributed by atoms with E-state index >= 15 is 0 Å². The number of carbonyl (C=O) groups is 1. The lowest BCUT2D eigenvalue weighted by atomic mass is 10.2. The highest BCUT2D eigenvalue weighted by Gasteiger charge is 2.11. The number of phenols is 1. The summed E-state index contributed by atoms with van der Waals surface area (Å²) >= 11 is 1.23. The summed E-state index contributed by atoms with van der Waals surface area (Å²) in [5, 5.41) is 10.00. The van der Waals surface area contributed by atoms with E-state index < -0.39 is 5.97 Å². The molecule has 82 valence electrons. The Kier molecular flexibility index (Phi) is 2.87. The van der Waals surface area contributed by atoms with Crippen LogP contribution < -0.4 is 0 Å². The van der Waals surface area contributed by atoms with Gasteiger partial charge in [-0.1, -0.05) is 12.1 Å². The van der Waals surface area contributed by atoms with E-state index in [4.69, 9.17) is 0 Å². The molecule has 0 radical (unpaired) electrons. The van der Waals surface area contributed by atoms with Crippen LogP contribution in [0, 0.1) is 0 Å². The van der Waals surface area contributed by atoms with Gasteiger partial charge in [-0.2, -0.15) is 0 Å². The minimum absolute atomic E-state index is 0.173. The maximum Gasteiger partial charge on any atom is 0.349 e. The molecule has 5 heteroatoms. The molecule has 0 atom stereocenters. The smallest absolute Gasteiger partial charge is 0.349 e. The number of hydrogen-bond donors (Lipinski definition) is 1. The summed E-state index contributed by atoms with van der Waals surface area (Å²) < 4.78 is 4.59. The van der Waals surface area contributed by atoms with Crippen LogP contribution in [0.4, 0.5) is 0 Å². The third-order valence-electron chi connectivity index (χ3n) is 1.99. The molecule has 0 amide bonds. The molecular weight excluding hydrogens is 226 g/mol. The zero-order valence-corrected chi connectivity index (χ0v) is 9.32. The number of aromatic hydroxyl groups is 1. The van der Waals surface area contributed by atoms with Gasteiger partial charge in [0.25, 0.3) is 0 Å². The Morgan fingerprint density at radius 1 is 1.50 bits per heavy atom. The van der Waals surface area contributed by atoms with Crippen LogP contribution in [-0.2, 0) is 4.74 Å². The fraction of sp³-hybridized carbons (Fsp3) is 0.0909. The quantitative estimate of drug-likeness (QED) is 0.811. The second-order valence-electron chi connectivity index (χ2n) is 3.07. The van der Waals surface area contributed by atoms with Gasteiger partial charge in [-0.15, -0.1) is 11.3 Å². The Morgan fingerprint density at radius 2 is 2.31 bits per heavy atom. The first-order valence-corrected chi connectivity index (χ1v) is 5.36. The number of benzene rings is 1. The fourth-order valence-electron chi connectivity index (χ4n) is 1.24. The second-order valence-corrected chi connectivity index (χ2v) is 4.10. The monoisotopic (exact) mass is 235 g/mol. The molecule has 0 aliphatic rings. The van der Waals surface area contributed by atoms with E-state index in [-0.39, 0.29) is 5.75 Å². The number of carbonyl (C=O) groups excluding carboxylic acids is 1. The van der Waals surface area contributed by atoms with Crippen molar-refractivity contribution >= 4 is 17.3 Å². The number of aromatic nitrogens is 1. The topological polar surface area (TPSA) is 59.4 Å². The molecule has 0 saturated heterocycles. The summed E-state index contributed by atoms with van der Waals surface area (Å²) in [5.74, 6) is -0.226. The third kappa shape index (κ3) is 2.04. The standard InChI is InChI=1S/C11H9NO3S/c1-15-11(14)9-6-12-10(16-9)7-3-2-4-8(13)5-7/h2-6,13H,1H3. The Labute approximate surface area is 96.1 Å². The second kappa shape index (κ2) is 4.32. The fourth-order valence-corrected chi connectivity index (χ4v) is 2.07. The first-order chi connectivity index (χ1) is 7.70. The molecule has 4 nitrogen and oxygen atoms in total. The van der Waals surface area contributed by atoms with E-state index in [1.165, 1.54) is 24.6 Å². The molecule has 16 heavy (non-hydrogen) atoms. The van der Waals surface area contributed by atoms with Crippen LogP contribution in [0.3, 0.4) is 0 Å². The van der Waals surface area contributed by atoms with Crippen molar-refractivity contribution in [2.75, 3.05) is 7.11 Å². The van der Waals surface area contributed by atoms with Gasteiger partial charge in [0, 0.05) is 5.56 Å². The molecule has 0 saturated carbocycles. The summed E-state index contributed by atoms with van der Waals surface area (Å²) in [7, 11) is 1.33. The number of nitrogens with zero attached hydrogens (tertiary/aromatic N) is 1. The van der Waals surface area contributed by atoms with Crippen molar-refractivity contribution in [3.63, 3.8) is 0 Å². The largest absolute Gasteiger partial charge is 0.508 e. The van der Waals surface area contributed by atoms with Gasteiger partial charge in [0.1, 0.15) is 15.6 Å². The highest BCUT2D eigenvalue weighted by atomic mass is 32.1. The van der Waals surface area contributed by atoms with Crippen molar-refractivity contribution in [2.45, 2.75) is 0 Å². The number of rotatable bonds is 2. The van der Waals surface area contributed by atoms with Crippen molar-refractivity contribution in [1.29, 1.82) is 0 Å². The molecule has 1 heterocycles. The van der Waals surface area contributed by atoms with E-state index in [9.17, 15) is 9.90 Å². The van der Waals surface area contributed by atoms with Crippen molar-refractivity contribution < 1.29 is 14.6 Å². The maximum atomic E-state index is 11.2. The van der Waals surface area contributed by atoms with Crippen molar-refractivity contribution in [3.05, 3.63) is 35.3 Å². The van der Waals surface area contributed by atoms with Gasteiger partial charge in [-0.25, -0.2) is 9.78 Å². The Balaban J connectivity index is 2.35. The lowest BCUT2D eigenvalue weighted by molar-refractivity contribution is 0.0606. The number of methoxy groups -OCH3 is 1. The summed E-state index contributed by atoms with van der Waals surface area (Å²) in [6.07, 6.45) is 1.47. The third-order valence-corrected chi connectivity index (χ3v) is 3.01. The molecule has 2 aromatic rings. The minimum atomic E-state index is -0.399. The predicted octanol–water partition coefficient (Wildman–Crippen LogP) is 2.30. The Bertz CT molecular complexity index is 521. The van der Waals surface area contributed by atoms with Crippen molar-refractivity contribution in [1.82, 2.24) is 4.98 Å². The SMILES string of the molecule is COC(=O)c1cnc(-c2cccc(O)c2)s1. The highest BCUT2D eigenvalue weighted by Crippen LogP contribution is 2.27. The molecule has 0 aliphatic carbocycles. The molecular formula is C11H9NO3S. The van der Waals surface area contributed by atoms with Crippen LogP contribution in [-0.4, -0.2) is 23.2 Å². The van der Waals surface area contributed by atoms with E-state index in [1.807, 2.05) is 6.07 Å². The average molecular weight is 235 g/mol. The van der Waals surface area contributed by atoms with E-state index in [0.29, 0.717) is 9.88 Å². The van der Waals surface area contributed by atoms with E-state index in [1.54, 1.807) is 18.2 Å². The van der Waals surface area contributed by atoms with Crippen molar-refractivity contribution in [3.8, 4) is 16.3 Å². The number of phenolic OH excluding ortho intramolecular Hbond substituents is 1. The van der Waals surface area contributed by atoms with Crippen LogP contribution in [0.5, 0.6) is 5.75 Å². The van der Waals surface area contributed by atoms with Crippen LogP contribution >= 0.6 is 11.3 Å². The lowest BCUT2D eigenvalue weighted by Crippen LogP contribution is -1.96. The van der Waals surface area contributed by atoms with Gasteiger partial charge in [0.2, 0.25) is 0 Å². The molecule has 1 aromatic carbocycles. The summed E-state index contributed by atoms with van der Waals surface area (Å²) in [5.41, 5.74) is 0.778. The molecule has 1 aromatic heterocycles. The Morgan fingerprint density at radius 3 is 3.00 bits per heavy atom. The zero-order chi connectivity index (χ0) is 11.5. The van der Waals surface area contributed by atoms with E-state index in [2.05, 4.69) is 9.72 Å². The van der Waals surface area contributed by atoms with Crippen LogP contribution in [0.25, 0.3) is 10.6 Å². The molecule has 1 N–H and O–H groups in total. The normalized spacial score (nSPS) is 10.1. The van der Waals surface area contributed by atoms with Crippen LogP contribution in [0.2, 0.25) is 0 Å². The molecule has 0 unspecified atom stereocenters. The first-order valence-electron chi connectivity index (χ1n) is 4.54. The van der Waals surface area contributed by atoms with E-state index in [0.717, 1.165) is 5.56 Å². The Hall–Kier alpha value is -1.88. The van der Waals surface area contributed by atoms with Gasteiger partial charge in [-0.05, 0) is 12.1 Å². The van der Waals surface area contributed by atoms with Crippen LogP contribution in [0.15, 0.2) is 30.5 Å². The number of thiazole rings is 1. The van der Waals surface area contributed by atoms with Gasteiger partial charge >= 0.3 is 5.97 Å². The molecule has 0 aliphatic heterocycles. The molecule has 2 rings (SSSR count). The number of hydrogen-bond acceptors (Lipinski definition) is 5. The maximum absolute atomic E-state index is 11.2. The lowest BCUT2D eigenvalue weighted by Gasteiger charge is -1.96. The van der Waals surface area contributed by atoms with Crippen LogP contribution in [0.1, 0.15) is 9.67 Å². The molecule has 0 spiro atoms. The van der Waals surface area contributed by atoms with Gasteiger partial charge in [0.15, 0.2) is 0 Å². The predicted molar refractivity (Wildman–Crippen MR) is 60.6 cm³/mol. The number of esters is 1. The number of ether oxygens (including phenoxy) is 1. The molecule has 0 fully saturated rings. The van der Waals surface area contributed by atoms with Gasteiger partial charge in [0.05, 0.1) is 13.3 Å². The van der Waals surface area contributed by atoms with Gasteiger partial charge in [-0.3, -0.25) is 0 Å². The average Bonchev–Trinajstić information content (AvgIpc) is 2.77. The summed E-state index contributed by atoms with van der Waals surface area (Å²) in [4.78, 5) is 15.8. The zero-order valence-electron chi connectivity index (χ0n) is 8.51. The summed E-state index contributed by atoms with van der Waals surface area (Å²) in [6.45, 7) is 0.